The molecule has 0 unspecified atom stereocenters. The van der Waals surface area contributed by atoms with Crippen LogP contribution in [0, 0.1) is 0 Å². The minimum Gasteiger partial charge on any atom is -0.422 e. The van der Waals surface area contributed by atoms with Crippen LogP contribution in [0.1, 0.15) is 10.4 Å². The summed E-state index contributed by atoms with van der Waals surface area (Å²) >= 11 is 0.415. The zero-order chi connectivity index (χ0) is 17.1. The first-order chi connectivity index (χ1) is 11.5. The van der Waals surface area contributed by atoms with Crippen LogP contribution in [0.2, 0.25) is 0 Å². The summed E-state index contributed by atoms with van der Waals surface area (Å²) in [5.41, 5.74) is -0.0746. The second-order valence-corrected chi connectivity index (χ2v) is 5.91. The summed E-state index contributed by atoms with van der Waals surface area (Å²) in [6, 6.07) is 14.2. The van der Waals surface area contributed by atoms with Crippen LogP contribution < -0.4 is 10.9 Å². The number of fused-ring (bicyclic) bond motifs is 1. The molecule has 0 saturated heterocycles. The molecule has 1 N–H and O–H groups in total. The Morgan fingerprint density at radius 3 is 2.50 bits per heavy atom. The number of hydrogen-bond acceptors (Lipinski definition) is 4. The van der Waals surface area contributed by atoms with Crippen molar-refractivity contribution in [1.29, 1.82) is 0 Å². The van der Waals surface area contributed by atoms with Gasteiger partial charge in [-0.05, 0) is 36.4 Å². The van der Waals surface area contributed by atoms with Crippen LogP contribution in [0.25, 0.3) is 11.0 Å². The number of hydrogen-bond donors (Lipinski definition) is 1. The Morgan fingerprint density at radius 1 is 1.08 bits per heavy atom. The highest BCUT2D eigenvalue weighted by Crippen LogP contribution is 2.26. The fourth-order valence-electron chi connectivity index (χ4n) is 2.14. The smallest absolute Gasteiger partial charge is 0.349 e. The number of amides is 1. The van der Waals surface area contributed by atoms with Gasteiger partial charge in [0.1, 0.15) is 11.1 Å². The summed E-state index contributed by atoms with van der Waals surface area (Å²) in [4.78, 5) is 24.6. The van der Waals surface area contributed by atoms with Crippen molar-refractivity contribution >= 4 is 34.3 Å². The van der Waals surface area contributed by atoms with Gasteiger partial charge in [0.15, 0.2) is 0 Å². The Morgan fingerprint density at radius 2 is 1.79 bits per heavy atom. The van der Waals surface area contributed by atoms with Crippen molar-refractivity contribution in [1.82, 2.24) is 0 Å². The number of nitrogens with one attached hydrogen (secondary N) is 1. The maximum atomic E-state index is 12.3. The summed E-state index contributed by atoms with van der Waals surface area (Å²) in [5, 5.41) is 3.18. The van der Waals surface area contributed by atoms with Gasteiger partial charge in [0, 0.05) is 16.0 Å². The standard InChI is InChI=1S/C17H11F2NO3S/c18-17(19)24-12-7-5-11(6-8-12)20-15(21)13-9-10-3-1-2-4-14(10)23-16(13)22/h1-9,17H,(H,20,21). The van der Waals surface area contributed by atoms with Gasteiger partial charge >= 0.3 is 5.63 Å². The third-order valence-corrected chi connectivity index (χ3v) is 3.95. The zero-order valence-corrected chi connectivity index (χ0v) is 13.0. The number of benzene rings is 2. The maximum absolute atomic E-state index is 12.3. The first-order valence-corrected chi connectivity index (χ1v) is 7.80. The number of carbonyl (C=O) groups is 1. The molecule has 3 aromatic rings. The summed E-state index contributed by atoms with van der Waals surface area (Å²) in [6.45, 7) is 0. The zero-order valence-electron chi connectivity index (χ0n) is 12.2. The Kier molecular flexibility index (Phi) is 4.61. The van der Waals surface area contributed by atoms with E-state index < -0.39 is 17.3 Å². The third kappa shape index (κ3) is 3.62. The molecule has 3 rings (SSSR count). The Bertz CT molecular complexity index is 938. The highest BCUT2D eigenvalue weighted by Gasteiger charge is 2.14. The molecule has 4 nitrogen and oxygen atoms in total. The predicted molar refractivity (Wildman–Crippen MR) is 88.7 cm³/mol. The van der Waals surface area contributed by atoms with E-state index in [4.69, 9.17) is 4.42 Å². The molecule has 0 atom stereocenters. The Labute approximate surface area is 139 Å². The summed E-state index contributed by atoms with van der Waals surface area (Å²) < 4.78 is 29.7. The molecule has 0 aliphatic rings. The van der Waals surface area contributed by atoms with Crippen LogP contribution in [0.3, 0.4) is 0 Å². The van der Waals surface area contributed by atoms with Gasteiger partial charge < -0.3 is 9.73 Å². The molecular formula is C17H11F2NO3S. The summed E-state index contributed by atoms with van der Waals surface area (Å²) in [7, 11) is 0. The number of anilines is 1. The van der Waals surface area contributed by atoms with Crippen LogP contribution in [0.4, 0.5) is 14.5 Å². The fourth-order valence-corrected chi connectivity index (χ4v) is 2.64. The first-order valence-electron chi connectivity index (χ1n) is 6.92. The molecule has 0 aliphatic heterocycles. The first kappa shape index (κ1) is 16.2. The van der Waals surface area contributed by atoms with Crippen LogP contribution in [0.15, 0.2) is 68.7 Å². The minimum absolute atomic E-state index is 0.125. The van der Waals surface area contributed by atoms with Gasteiger partial charge in [0.05, 0.1) is 0 Å². The van der Waals surface area contributed by atoms with Crippen LogP contribution in [-0.4, -0.2) is 11.7 Å². The molecule has 0 spiro atoms. The van der Waals surface area contributed by atoms with Gasteiger partial charge in [0.25, 0.3) is 11.7 Å². The topological polar surface area (TPSA) is 59.3 Å². The lowest BCUT2D eigenvalue weighted by Gasteiger charge is -2.06. The molecule has 1 amide bonds. The quantitative estimate of drug-likeness (QED) is 0.563. The molecule has 122 valence electrons. The van der Waals surface area contributed by atoms with E-state index in [1.54, 1.807) is 24.3 Å². The molecule has 0 aliphatic carbocycles. The van der Waals surface area contributed by atoms with Crippen molar-refractivity contribution in [2.75, 3.05) is 5.32 Å². The van der Waals surface area contributed by atoms with E-state index >= 15 is 0 Å². The molecule has 1 aromatic heterocycles. The number of para-hydroxylation sites is 1. The molecule has 7 heteroatoms. The van der Waals surface area contributed by atoms with E-state index in [2.05, 4.69) is 5.32 Å². The van der Waals surface area contributed by atoms with E-state index in [1.807, 2.05) is 0 Å². The van der Waals surface area contributed by atoms with E-state index in [0.29, 0.717) is 33.3 Å². The minimum atomic E-state index is -2.51. The lowest BCUT2D eigenvalue weighted by molar-refractivity contribution is 0.102. The van der Waals surface area contributed by atoms with Gasteiger partial charge in [-0.15, -0.1) is 0 Å². The number of rotatable bonds is 4. The Balaban J connectivity index is 1.82. The van der Waals surface area contributed by atoms with Gasteiger partial charge in [-0.2, -0.15) is 8.78 Å². The average Bonchev–Trinajstić information content (AvgIpc) is 2.55. The largest absolute Gasteiger partial charge is 0.422 e. The highest BCUT2D eigenvalue weighted by molar-refractivity contribution is 7.99. The van der Waals surface area contributed by atoms with Crippen molar-refractivity contribution in [3.63, 3.8) is 0 Å². The predicted octanol–water partition coefficient (Wildman–Crippen LogP) is 4.36. The molecular weight excluding hydrogens is 336 g/mol. The van der Waals surface area contributed by atoms with Gasteiger partial charge in [0.2, 0.25) is 0 Å². The second-order valence-electron chi connectivity index (χ2n) is 4.84. The number of carbonyl (C=O) groups excluding carboxylic acids is 1. The molecule has 0 bridgehead atoms. The van der Waals surface area contributed by atoms with E-state index in [0.717, 1.165) is 0 Å². The van der Waals surface area contributed by atoms with Crippen LogP contribution >= 0.6 is 11.8 Å². The van der Waals surface area contributed by atoms with Crippen LogP contribution in [0.5, 0.6) is 0 Å². The SMILES string of the molecule is O=C(Nc1ccc(SC(F)F)cc1)c1cc2ccccc2oc1=O. The van der Waals surface area contributed by atoms with E-state index in [1.165, 1.54) is 30.3 Å². The molecule has 1 heterocycles. The monoisotopic (exact) mass is 347 g/mol. The third-order valence-electron chi connectivity index (χ3n) is 3.22. The van der Waals surface area contributed by atoms with Crippen molar-refractivity contribution in [3.8, 4) is 0 Å². The fraction of sp³-hybridized carbons (Fsp3) is 0.0588. The normalized spacial score (nSPS) is 11.0. The number of alkyl halides is 2. The lowest BCUT2D eigenvalue weighted by Crippen LogP contribution is -2.20. The Hall–Kier alpha value is -2.67. The van der Waals surface area contributed by atoms with Crippen molar-refractivity contribution in [2.24, 2.45) is 0 Å². The van der Waals surface area contributed by atoms with E-state index in [9.17, 15) is 18.4 Å². The molecule has 24 heavy (non-hydrogen) atoms. The number of halogens is 2. The maximum Gasteiger partial charge on any atom is 0.349 e. The van der Waals surface area contributed by atoms with Gasteiger partial charge in [-0.25, -0.2) is 4.79 Å². The van der Waals surface area contributed by atoms with Crippen molar-refractivity contribution in [2.45, 2.75) is 10.7 Å². The lowest BCUT2D eigenvalue weighted by atomic mass is 10.1. The molecule has 0 saturated carbocycles. The van der Waals surface area contributed by atoms with Crippen molar-refractivity contribution < 1.29 is 18.0 Å². The molecule has 0 radical (unpaired) electrons. The highest BCUT2D eigenvalue weighted by atomic mass is 32.2. The van der Waals surface area contributed by atoms with E-state index in [-0.39, 0.29) is 5.56 Å². The molecule has 0 fully saturated rings. The van der Waals surface area contributed by atoms with Gasteiger partial charge in [-0.3, -0.25) is 4.79 Å². The van der Waals surface area contributed by atoms with Crippen LogP contribution in [-0.2, 0) is 0 Å². The van der Waals surface area contributed by atoms with Gasteiger partial charge in [-0.1, -0.05) is 30.0 Å². The second kappa shape index (κ2) is 6.84. The summed E-state index contributed by atoms with van der Waals surface area (Å²) in [6.07, 6.45) is 0. The van der Waals surface area contributed by atoms with Crippen molar-refractivity contribution in [3.05, 3.63) is 70.6 Å². The molecule has 2 aromatic carbocycles. The average molecular weight is 347 g/mol. The summed E-state index contributed by atoms with van der Waals surface area (Å²) in [5.74, 6) is -3.13. The number of thioether (sulfide) groups is 1.